The van der Waals surface area contributed by atoms with E-state index in [2.05, 4.69) is 41.5 Å². The van der Waals surface area contributed by atoms with Crippen molar-refractivity contribution >= 4 is 39.5 Å². The SMILES string of the molecule is CCCCCCCCCCCCCC(=O)OC[C@H](COP(=O)(O)OC[C@@H](O)COP(=O)(O)OC[C@@H](COC(=O)CCCCCCCCCCC)OC(=O)CCCCCCCCC(C)C)OC(=O)CCCCCCCCCCCCCCCCCC(C)C. The van der Waals surface area contributed by atoms with Crippen LogP contribution in [0.2, 0.25) is 0 Å². The molecule has 0 aliphatic heterocycles. The van der Waals surface area contributed by atoms with Gasteiger partial charge in [-0.05, 0) is 37.5 Å². The monoisotopic (exact) mass is 1280 g/mol. The van der Waals surface area contributed by atoms with Gasteiger partial charge in [0.05, 0.1) is 26.4 Å². The van der Waals surface area contributed by atoms with Gasteiger partial charge in [0.2, 0.25) is 0 Å². The van der Waals surface area contributed by atoms with E-state index in [1.165, 1.54) is 161 Å². The van der Waals surface area contributed by atoms with Crippen molar-refractivity contribution in [3.05, 3.63) is 0 Å². The van der Waals surface area contributed by atoms with E-state index >= 15 is 0 Å². The van der Waals surface area contributed by atoms with Crippen LogP contribution in [0, 0.1) is 11.8 Å². The quantitative estimate of drug-likeness (QED) is 0.0222. The lowest BCUT2D eigenvalue weighted by molar-refractivity contribution is -0.161. The summed E-state index contributed by atoms with van der Waals surface area (Å²) >= 11 is 0. The van der Waals surface area contributed by atoms with Gasteiger partial charge in [0.25, 0.3) is 0 Å². The second-order valence-corrected chi connectivity index (χ2v) is 28.4. The van der Waals surface area contributed by atoms with Gasteiger partial charge < -0.3 is 33.8 Å². The zero-order valence-corrected chi connectivity index (χ0v) is 58.1. The van der Waals surface area contributed by atoms with Crippen molar-refractivity contribution in [2.75, 3.05) is 39.6 Å². The summed E-state index contributed by atoms with van der Waals surface area (Å²) in [5, 5.41) is 10.6. The number of carbonyl (C=O) groups is 4. The molecule has 0 radical (unpaired) electrons. The molecule has 87 heavy (non-hydrogen) atoms. The topological polar surface area (TPSA) is 237 Å². The van der Waals surface area contributed by atoms with Crippen molar-refractivity contribution in [2.24, 2.45) is 11.8 Å². The number of unbranched alkanes of at least 4 members (excludes halogenated alkanes) is 37. The smallest absolute Gasteiger partial charge is 0.462 e. The van der Waals surface area contributed by atoms with E-state index in [-0.39, 0.29) is 25.7 Å². The van der Waals surface area contributed by atoms with Gasteiger partial charge in [0, 0.05) is 25.7 Å². The summed E-state index contributed by atoms with van der Waals surface area (Å²) in [6.07, 6.45) is 44.6. The van der Waals surface area contributed by atoms with Crippen LogP contribution in [0.5, 0.6) is 0 Å². The van der Waals surface area contributed by atoms with E-state index in [9.17, 15) is 43.2 Å². The summed E-state index contributed by atoms with van der Waals surface area (Å²) in [5.41, 5.74) is 0. The van der Waals surface area contributed by atoms with E-state index < -0.39 is 97.5 Å². The van der Waals surface area contributed by atoms with Crippen molar-refractivity contribution < 1.29 is 80.2 Å². The van der Waals surface area contributed by atoms with Gasteiger partial charge in [-0.1, -0.05) is 292 Å². The predicted molar refractivity (Wildman–Crippen MR) is 349 cm³/mol. The maximum absolute atomic E-state index is 13.0. The van der Waals surface area contributed by atoms with Crippen LogP contribution in [0.1, 0.15) is 343 Å². The first-order valence-electron chi connectivity index (χ1n) is 35.5. The molecule has 0 saturated carbocycles. The van der Waals surface area contributed by atoms with Crippen molar-refractivity contribution in [3.8, 4) is 0 Å². The summed E-state index contributed by atoms with van der Waals surface area (Å²) in [6, 6.07) is 0. The van der Waals surface area contributed by atoms with Gasteiger partial charge in [-0.3, -0.25) is 37.3 Å². The lowest BCUT2D eigenvalue weighted by Crippen LogP contribution is -2.30. The predicted octanol–water partition coefficient (Wildman–Crippen LogP) is 19.2. The normalized spacial score (nSPS) is 14.2. The molecule has 0 heterocycles. The Hall–Kier alpha value is -1.94. The number of phosphoric acid groups is 2. The van der Waals surface area contributed by atoms with E-state index in [0.717, 1.165) is 95.8 Å². The first-order valence-corrected chi connectivity index (χ1v) is 38.5. The van der Waals surface area contributed by atoms with Gasteiger partial charge in [-0.2, -0.15) is 0 Å². The van der Waals surface area contributed by atoms with Crippen LogP contribution < -0.4 is 0 Å². The highest BCUT2D eigenvalue weighted by molar-refractivity contribution is 7.47. The average molecular weight is 1280 g/mol. The molecule has 19 heteroatoms. The minimum atomic E-state index is -4.95. The first-order chi connectivity index (χ1) is 41.9. The maximum atomic E-state index is 13.0. The molecule has 0 spiro atoms. The fourth-order valence-electron chi connectivity index (χ4n) is 10.2. The van der Waals surface area contributed by atoms with Gasteiger partial charge in [0.15, 0.2) is 12.2 Å². The van der Waals surface area contributed by atoms with Crippen LogP contribution in [0.4, 0.5) is 0 Å². The molecular weight excluding hydrogens is 1150 g/mol. The Kier molecular flexibility index (Phi) is 59.0. The van der Waals surface area contributed by atoms with Gasteiger partial charge in [0.1, 0.15) is 19.3 Å². The van der Waals surface area contributed by atoms with Crippen molar-refractivity contribution in [2.45, 2.75) is 362 Å². The summed E-state index contributed by atoms with van der Waals surface area (Å²) in [6.45, 7) is 9.45. The highest BCUT2D eigenvalue weighted by atomic mass is 31.2. The Morgan fingerprint density at radius 2 is 0.529 bits per heavy atom. The number of aliphatic hydroxyl groups is 1. The standard InChI is InChI=1S/C68H132O17P2/c1-7-9-11-13-15-17-23-28-32-39-45-51-66(71)79-56-63(84-67(72)52-46-40-33-29-25-22-20-18-19-21-24-27-30-36-42-48-60(3)4)58-82-86(74,75)80-54-62(69)55-81-87(76,77)83-59-64(85-68(73)53-47-41-35-34-37-43-49-61(5)6)57-78-65(70)50-44-38-31-26-16-14-12-10-8-2/h60-64,69H,7-59H2,1-6H3,(H,74,75)(H,76,77)/t62-,63-,64-/m1/s1. The number of carbonyl (C=O) groups excluding carboxylic acids is 4. The van der Waals surface area contributed by atoms with Crippen molar-refractivity contribution in [1.29, 1.82) is 0 Å². The fourth-order valence-corrected chi connectivity index (χ4v) is 11.8. The second kappa shape index (κ2) is 60.3. The number of phosphoric ester groups is 2. The lowest BCUT2D eigenvalue weighted by atomic mass is 10.0. The molecular formula is C68H132O17P2. The summed E-state index contributed by atoms with van der Waals surface area (Å²) in [7, 11) is -9.89. The zero-order valence-electron chi connectivity index (χ0n) is 56.3. The Bertz CT molecular complexity index is 1700. The highest BCUT2D eigenvalue weighted by Crippen LogP contribution is 2.45. The highest BCUT2D eigenvalue weighted by Gasteiger charge is 2.30. The van der Waals surface area contributed by atoms with Crippen LogP contribution in [0.15, 0.2) is 0 Å². The van der Waals surface area contributed by atoms with Crippen LogP contribution in [0.25, 0.3) is 0 Å². The number of aliphatic hydroxyl groups excluding tert-OH is 1. The lowest BCUT2D eigenvalue weighted by Gasteiger charge is -2.21. The molecule has 0 fully saturated rings. The molecule has 0 amide bonds. The second-order valence-electron chi connectivity index (χ2n) is 25.5. The molecule has 0 bridgehead atoms. The molecule has 516 valence electrons. The number of rotatable bonds is 67. The first kappa shape index (κ1) is 85.1. The third-order valence-electron chi connectivity index (χ3n) is 15.7. The third kappa shape index (κ3) is 62.6. The summed E-state index contributed by atoms with van der Waals surface area (Å²) < 4.78 is 68.1. The molecule has 3 N–H and O–H groups in total. The summed E-state index contributed by atoms with van der Waals surface area (Å²) in [4.78, 5) is 72.3. The van der Waals surface area contributed by atoms with Gasteiger partial charge in [-0.25, -0.2) is 9.13 Å². The molecule has 0 aromatic heterocycles. The van der Waals surface area contributed by atoms with Crippen LogP contribution >= 0.6 is 15.6 Å². The van der Waals surface area contributed by atoms with E-state index in [0.29, 0.717) is 31.6 Å². The summed E-state index contributed by atoms with van der Waals surface area (Å²) in [5.74, 6) is -0.660. The van der Waals surface area contributed by atoms with Gasteiger partial charge in [-0.15, -0.1) is 0 Å². The molecule has 5 atom stereocenters. The zero-order chi connectivity index (χ0) is 64.3. The molecule has 17 nitrogen and oxygen atoms in total. The molecule has 0 saturated heterocycles. The Morgan fingerprint density at radius 1 is 0.310 bits per heavy atom. The molecule has 0 aromatic rings. The Balaban J connectivity index is 5.19. The van der Waals surface area contributed by atoms with E-state index in [4.69, 9.17) is 37.0 Å². The maximum Gasteiger partial charge on any atom is 0.472 e. The van der Waals surface area contributed by atoms with Crippen LogP contribution in [-0.2, 0) is 65.4 Å². The van der Waals surface area contributed by atoms with E-state index in [1.807, 2.05) is 0 Å². The average Bonchev–Trinajstić information content (AvgIpc) is 3.62. The van der Waals surface area contributed by atoms with Crippen LogP contribution in [0.3, 0.4) is 0 Å². The Labute approximate surface area is 530 Å². The molecule has 2 unspecified atom stereocenters. The largest absolute Gasteiger partial charge is 0.472 e. The minimum absolute atomic E-state index is 0.102. The number of ether oxygens (including phenoxy) is 4. The van der Waals surface area contributed by atoms with Crippen molar-refractivity contribution in [3.63, 3.8) is 0 Å². The molecule has 0 aliphatic rings. The molecule has 0 aliphatic carbocycles. The van der Waals surface area contributed by atoms with Gasteiger partial charge >= 0.3 is 39.5 Å². The number of hydrogen-bond acceptors (Lipinski definition) is 15. The van der Waals surface area contributed by atoms with Crippen molar-refractivity contribution in [1.82, 2.24) is 0 Å². The Morgan fingerprint density at radius 3 is 0.782 bits per heavy atom. The van der Waals surface area contributed by atoms with Crippen LogP contribution in [-0.4, -0.2) is 96.7 Å². The fraction of sp³-hybridized carbons (Fsp3) is 0.941. The molecule has 0 rings (SSSR count). The molecule has 0 aromatic carbocycles. The van der Waals surface area contributed by atoms with E-state index in [1.54, 1.807) is 0 Å². The minimum Gasteiger partial charge on any atom is -0.462 e. The number of hydrogen-bond donors (Lipinski definition) is 3. The third-order valence-corrected chi connectivity index (χ3v) is 17.6. The number of esters is 4.